The summed E-state index contributed by atoms with van der Waals surface area (Å²) in [6.45, 7) is -0.459. The largest absolute Gasteiger partial charge is 0.394 e. The van der Waals surface area contributed by atoms with Crippen LogP contribution in [0.4, 0.5) is 11.6 Å². The first kappa shape index (κ1) is 15.6. The fraction of sp³-hybridized carbons (Fsp3) is 0.500. The molecule has 1 aliphatic heterocycles. The van der Waals surface area contributed by atoms with Crippen molar-refractivity contribution in [3.8, 4) is 0 Å². The first-order valence-corrected chi connectivity index (χ1v) is 6.80. The van der Waals surface area contributed by atoms with E-state index in [-0.39, 0.29) is 22.7 Å². The molecule has 0 radical (unpaired) electrons. The molecule has 11 heteroatoms. The van der Waals surface area contributed by atoms with Crippen molar-refractivity contribution in [3.63, 3.8) is 0 Å². The van der Waals surface area contributed by atoms with Crippen molar-refractivity contribution in [1.29, 1.82) is 0 Å². The average Bonchev–Trinajstić information content (AvgIpc) is 2.80. The Morgan fingerprint density at radius 3 is 2.78 bits per heavy atom. The molecule has 11 nitrogen and oxygen atoms in total. The quantitative estimate of drug-likeness (QED) is 0.396. The van der Waals surface area contributed by atoms with E-state index in [4.69, 9.17) is 15.6 Å². The standard InChI is InChI=1S/C12H16N6O5/c1-18-11-5(7(21)9(13)17-18)10(14-3-15-11)16-12-8(22)6(20)4(2-19)23-12/h3-4,6,8,12,19-20,22H,2H2,1H3,(H2,13,17)(H,14,15,16)/t4-,6?,8+,12+/m1/s1. The number of nitrogens with one attached hydrogen (secondary N) is 1. The SMILES string of the molecule is Cn1nc(N)c(=O)c2c(N[C@H]3O[C@H](CO)C(O)[C@@H]3O)ncnc21. The highest BCUT2D eigenvalue weighted by molar-refractivity contribution is 5.87. The smallest absolute Gasteiger partial charge is 0.237 e. The van der Waals surface area contributed by atoms with E-state index in [1.165, 1.54) is 11.0 Å². The van der Waals surface area contributed by atoms with Gasteiger partial charge in [-0.15, -0.1) is 5.10 Å². The number of aromatic nitrogens is 4. The van der Waals surface area contributed by atoms with Crippen LogP contribution in [-0.4, -0.2) is 66.2 Å². The van der Waals surface area contributed by atoms with Crippen LogP contribution in [0.1, 0.15) is 0 Å². The van der Waals surface area contributed by atoms with Crippen LogP contribution in [0.15, 0.2) is 11.1 Å². The summed E-state index contributed by atoms with van der Waals surface area (Å²) in [5.41, 5.74) is 5.26. The average molecular weight is 324 g/mol. The summed E-state index contributed by atoms with van der Waals surface area (Å²) in [7, 11) is 1.57. The van der Waals surface area contributed by atoms with Gasteiger partial charge in [-0.3, -0.25) is 4.79 Å². The van der Waals surface area contributed by atoms with Gasteiger partial charge in [0.1, 0.15) is 35.8 Å². The van der Waals surface area contributed by atoms with E-state index >= 15 is 0 Å². The van der Waals surface area contributed by atoms with E-state index < -0.39 is 36.6 Å². The highest BCUT2D eigenvalue weighted by atomic mass is 16.6. The lowest BCUT2D eigenvalue weighted by Gasteiger charge is -2.18. The topological polar surface area (TPSA) is 169 Å². The molecule has 2 aromatic heterocycles. The van der Waals surface area contributed by atoms with Gasteiger partial charge in [0.15, 0.2) is 17.7 Å². The van der Waals surface area contributed by atoms with Gasteiger partial charge < -0.3 is 31.1 Å². The van der Waals surface area contributed by atoms with Gasteiger partial charge >= 0.3 is 0 Å². The second kappa shape index (κ2) is 5.70. The Morgan fingerprint density at radius 1 is 1.39 bits per heavy atom. The number of aryl methyl sites for hydroxylation is 1. The molecule has 0 bridgehead atoms. The van der Waals surface area contributed by atoms with Crippen molar-refractivity contribution in [2.75, 3.05) is 17.7 Å². The maximum absolute atomic E-state index is 12.2. The molecule has 4 atom stereocenters. The maximum Gasteiger partial charge on any atom is 0.237 e. The fourth-order valence-corrected chi connectivity index (χ4v) is 2.48. The van der Waals surface area contributed by atoms with Gasteiger partial charge in [-0.25, -0.2) is 14.6 Å². The molecule has 2 aromatic rings. The molecular formula is C12H16N6O5. The number of nitrogen functional groups attached to an aromatic ring is 1. The molecule has 3 heterocycles. The van der Waals surface area contributed by atoms with Crippen molar-refractivity contribution in [1.82, 2.24) is 19.7 Å². The highest BCUT2D eigenvalue weighted by Crippen LogP contribution is 2.24. The molecule has 0 spiro atoms. The van der Waals surface area contributed by atoms with Crippen molar-refractivity contribution in [2.24, 2.45) is 7.05 Å². The van der Waals surface area contributed by atoms with Crippen LogP contribution < -0.4 is 16.5 Å². The minimum absolute atomic E-state index is 0.0829. The van der Waals surface area contributed by atoms with E-state index in [1.807, 2.05) is 0 Å². The first-order chi connectivity index (χ1) is 10.9. The summed E-state index contributed by atoms with van der Waals surface area (Å²) >= 11 is 0. The molecule has 6 N–H and O–H groups in total. The first-order valence-electron chi connectivity index (χ1n) is 6.80. The van der Waals surface area contributed by atoms with Crippen LogP contribution >= 0.6 is 0 Å². The van der Waals surface area contributed by atoms with Crippen LogP contribution in [0.2, 0.25) is 0 Å². The van der Waals surface area contributed by atoms with Gasteiger partial charge in [-0.1, -0.05) is 0 Å². The third-order valence-electron chi connectivity index (χ3n) is 3.67. The van der Waals surface area contributed by atoms with Gasteiger partial charge in [0.05, 0.1) is 6.61 Å². The molecule has 1 unspecified atom stereocenters. The summed E-state index contributed by atoms with van der Waals surface area (Å²) in [5.74, 6) is -0.140. The van der Waals surface area contributed by atoms with E-state index in [9.17, 15) is 15.0 Å². The Labute approximate surface area is 129 Å². The van der Waals surface area contributed by atoms with Gasteiger partial charge in [-0.05, 0) is 0 Å². The highest BCUT2D eigenvalue weighted by Gasteiger charge is 2.42. The minimum Gasteiger partial charge on any atom is -0.394 e. The minimum atomic E-state index is -1.31. The second-order valence-electron chi connectivity index (χ2n) is 5.16. The molecule has 1 fully saturated rings. The lowest BCUT2D eigenvalue weighted by Crippen LogP contribution is -2.37. The zero-order valence-electron chi connectivity index (χ0n) is 12.1. The Morgan fingerprint density at radius 2 is 2.13 bits per heavy atom. The number of nitrogens with zero attached hydrogens (tertiary/aromatic N) is 4. The fourth-order valence-electron chi connectivity index (χ4n) is 2.48. The molecule has 124 valence electrons. The van der Waals surface area contributed by atoms with Gasteiger partial charge in [-0.2, -0.15) is 0 Å². The van der Waals surface area contributed by atoms with E-state index in [2.05, 4.69) is 20.4 Å². The Kier molecular flexibility index (Phi) is 3.85. The zero-order valence-corrected chi connectivity index (χ0v) is 12.1. The third-order valence-corrected chi connectivity index (χ3v) is 3.67. The number of aliphatic hydroxyl groups excluding tert-OH is 3. The number of hydrogen-bond acceptors (Lipinski definition) is 10. The number of fused-ring (bicyclic) bond motifs is 1. The van der Waals surface area contributed by atoms with Crippen molar-refractivity contribution < 1.29 is 20.1 Å². The van der Waals surface area contributed by atoms with Crippen LogP contribution in [-0.2, 0) is 11.8 Å². The summed E-state index contributed by atoms with van der Waals surface area (Å²) in [6, 6.07) is 0. The number of hydrogen-bond donors (Lipinski definition) is 5. The summed E-state index contributed by atoms with van der Waals surface area (Å²) in [5, 5.41) is 35.5. The number of rotatable bonds is 3. The molecule has 1 saturated heterocycles. The summed E-state index contributed by atoms with van der Waals surface area (Å²) in [4.78, 5) is 20.2. The van der Waals surface area contributed by atoms with E-state index in [0.29, 0.717) is 0 Å². The second-order valence-corrected chi connectivity index (χ2v) is 5.16. The van der Waals surface area contributed by atoms with Crippen molar-refractivity contribution >= 4 is 22.7 Å². The van der Waals surface area contributed by atoms with Crippen LogP contribution in [0.25, 0.3) is 11.0 Å². The lowest BCUT2D eigenvalue weighted by atomic mass is 10.1. The van der Waals surface area contributed by atoms with Crippen molar-refractivity contribution in [2.45, 2.75) is 24.5 Å². The number of nitrogens with two attached hydrogens (primary N) is 1. The Hall–Kier alpha value is -2.34. The Bertz CT molecular complexity index is 795. The number of aliphatic hydroxyl groups is 3. The summed E-state index contributed by atoms with van der Waals surface area (Å²) < 4.78 is 6.64. The van der Waals surface area contributed by atoms with Crippen LogP contribution in [0.5, 0.6) is 0 Å². The van der Waals surface area contributed by atoms with Crippen LogP contribution in [0.3, 0.4) is 0 Å². The van der Waals surface area contributed by atoms with E-state index in [1.54, 1.807) is 7.05 Å². The predicted octanol–water partition coefficient (Wildman–Crippen LogP) is -2.84. The maximum atomic E-state index is 12.2. The molecule has 1 aliphatic rings. The number of anilines is 2. The lowest BCUT2D eigenvalue weighted by molar-refractivity contribution is -0.0153. The predicted molar refractivity (Wildman–Crippen MR) is 78.4 cm³/mol. The Balaban J connectivity index is 2.03. The summed E-state index contributed by atoms with van der Waals surface area (Å²) in [6.07, 6.45) is -3.35. The van der Waals surface area contributed by atoms with Gasteiger partial charge in [0.2, 0.25) is 5.43 Å². The molecule has 0 aromatic carbocycles. The van der Waals surface area contributed by atoms with E-state index in [0.717, 1.165) is 0 Å². The van der Waals surface area contributed by atoms with Gasteiger partial charge in [0.25, 0.3) is 0 Å². The normalized spacial score (nSPS) is 27.5. The molecule has 0 aliphatic carbocycles. The molecule has 23 heavy (non-hydrogen) atoms. The van der Waals surface area contributed by atoms with Crippen molar-refractivity contribution in [3.05, 3.63) is 16.6 Å². The molecular weight excluding hydrogens is 308 g/mol. The molecule has 0 amide bonds. The monoisotopic (exact) mass is 324 g/mol. The third kappa shape index (κ3) is 2.49. The van der Waals surface area contributed by atoms with Crippen LogP contribution in [0, 0.1) is 0 Å². The number of ether oxygens (including phenoxy) is 1. The molecule has 3 rings (SSSR count). The molecule has 0 saturated carbocycles. The zero-order chi connectivity index (χ0) is 16.7. The van der Waals surface area contributed by atoms with Gasteiger partial charge in [0, 0.05) is 7.05 Å².